The molecular formula is C13H20ClN3O2. The maximum absolute atomic E-state index is 12.0. The molecule has 5 nitrogen and oxygen atoms in total. The Kier molecular flexibility index (Phi) is 4.82. The summed E-state index contributed by atoms with van der Waals surface area (Å²) in [6.45, 7) is 2.59. The van der Waals surface area contributed by atoms with Crippen LogP contribution in [0.15, 0.2) is 11.0 Å². The highest BCUT2D eigenvalue weighted by atomic mass is 35.5. The van der Waals surface area contributed by atoms with Gasteiger partial charge in [0, 0.05) is 19.7 Å². The van der Waals surface area contributed by atoms with Crippen LogP contribution >= 0.6 is 11.6 Å². The van der Waals surface area contributed by atoms with Gasteiger partial charge in [0.1, 0.15) is 5.02 Å². The molecule has 1 aromatic heterocycles. The average molecular weight is 286 g/mol. The summed E-state index contributed by atoms with van der Waals surface area (Å²) >= 11 is 6.12. The van der Waals surface area contributed by atoms with Gasteiger partial charge in [-0.2, -0.15) is 5.10 Å². The lowest BCUT2D eigenvalue weighted by Crippen LogP contribution is -2.26. The van der Waals surface area contributed by atoms with E-state index < -0.39 is 0 Å². The molecule has 1 aromatic rings. The fourth-order valence-electron chi connectivity index (χ4n) is 2.44. The van der Waals surface area contributed by atoms with Gasteiger partial charge in [-0.15, -0.1) is 0 Å². The monoisotopic (exact) mass is 285 g/mol. The molecule has 2 unspecified atom stereocenters. The van der Waals surface area contributed by atoms with Gasteiger partial charge in [-0.05, 0) is 25.7 Å². The van der Waals surface area contributed by atoms with Crippen LogP contribution in [0.4, 0.5) is 5.69 Å². The van der Waals surface area contributed by atoms with E-state index in [9.17, 15) is 4.79 Å². The summed E-state index contributed by atoms with van der Waals surface area (Å²) in [5.41, 5.74) is 0.399. The molecule has 0 aliphatic heterocycles. The standard InChI is InChI=1S/C13H20ClN3O2/c1-3-6-17-13(18)12(14)11(8-15-17)16-9-4-5-10(7-9)19-2/h8-10,16H,3-7H2,1-2H3. The van der Waals surface area contributed by atoms with Crippen LogP contribution in [0.3, 0.4) is 0 Å². The summed E-state index contributed by atoms with van der Waals surface area (Å²) in [5, 5.41) is 7.66. The fourth-order valence-corrected chi connectivity index (χ4v) is 2.64. The molecule has 19 heavy (non-hydrogen) atoms. The van der Waals surface area contributed by atoms with Gasteiger partial charge in [-0.1, -0.05) is 18.5 Å². The molecule has 0 spiro atoms. The van der Waals surface area contributed by atoms with Crippen molar-refractivity contribution in [2.75, 3.05) is 12.4 Å². The van der Waals surface area contributed by atoms with E-state index in [0.29, 0.717) is 24.4 Å². The number of methoxy groups -OCH3 is 1. The number of rotatable bonds is 5. The minimum Gasteiger partial charge on any atom is -0.381 e. The summed E-state index contributed by atoms with van der Waals surface area (Å²) in [6, 6.07) is 0.297. The maximum Gasteiger partial charge on any atom is 0.287 e. The van der Waals surface area contributed by atoms with Crippen molar-refractivity contribution in [2.24, 2.45) is 0 Å². The highest BCUT2D eigenvalue weighted by molar-refractivity contribution is 6.32. The summed E-state index contributed by atoms with van der Waals surface area (Å²) < 4.78 is 6.73. The van der Waals surface area contributed by atoms with E-state index in [4.69, 9.17) is 16.3 Å². The lowest BCUT2D eigenvalue weighted by atomic mass is 10.2. The van der Waals surface area contributed by atoms with E-state index in [0.717, 1.165) is 25.7 Å². The number of ether oxygens (including phenoxy) is 1. The molecule has 1 N–H and O–H groups in total. The van der Waals surface area contributed by atoms with Crippen molar-refractivity contribution >= 4 is 17.3 Å². The topological polar surface area (TPSA) is 56.1 Å². The third-order valence-electron chi connectivity index (χ3n) is 3.50. The summed E-state index contributed by atoms with van der Waals surface area (Å²) in [7, 11) is 1.73. The van der Waals surface area contributed by atoms with Crippen molar-refractivity contribution < 1.29 is 4.74 Å². The number of anilines is 1. The summed E-state index contributed by atoms with van der Waals surface area (Å²) in [4.78, 5) is 12.0. The molecule has 2 atom stereocenters. The van der Waals surface area contributed by atoms with Crippen molar-refractivity contribution in [2.45, 2.75) is 51.3 Å². The second-order valence-electron chi connectivity index (χ2n) is 4.91. The predicted molar refractivity (Wildman–Crippen MR) is 75.9 cm³/mol. The Bertz CT molecular complexity index is 489. The van der Waals surface area contributed by atoms with E-state index >= 15 is 0 Å². The Labute approximate surface area is 117 Å². The molecule has 0 bridgehead atoms. The molecule has 2 rings (SSSR count). The van der Waals surface area contributed by atoms with Crippen molar-refractivity contribution in [1.82, 2.24) is 9.78 Å². The van der Waals surface area contributed by atoms with E-state index in [-0.39, 0.29) is 10.6 Å². The molecule has 1 saturated carbocycles. The minimum absolute atomic E-state index is 0.226. The smallest absolute Gasteiger partial charge is 0.287 e. The number of nitrogens with zero attached hydrogens (tertiary/aromatic N) is 2. The molecule has 0 saturated heterocycles. The van der Waals surface area contributed by atoms with Gasteiger partial charge in [0.25, 0.3) is 5.56 Å². The quantitative estimate of drug-likeness (QED) is 0.902. The van der Waals surface area contributed by atoms with E-state index in [1.54, 1.807) is 13.3 Å². The van der Waals surface area contributed by atoms with Crippen LogP contribution in [0.1, 0.15) is 32.6 Å². The number of aromatic nitrogens is 2. The molecule has 6 heteroatoms. The van der Waals surface area contributed by atoms with Crippen LogP contribution in [0.25, 0.3) is 0 Å². The number of halogens is 1. The number of hydrogen-bond acceptors (Lipinski definition) is 4. The summed E-state index contributed by atoms with van der Waals surface area (Å²) in [5.74, 6) is 0. The largest absolute Gasteiger partial charge is 0.381 e. The third-order valence-corrected chi connectivity index (χ3v) is 3.86. The predicted octanol–water partition coefficient (Wildman–Crippen LogP) is 2.29. The molecule has 1 fully saturated rings. The lowest BCUT2D eigenvalue weighted by Gasteiger charge is -2.15. The van der Waals surface area contributed by atoms with Crippen LogP contribution < -0.4 is 10.9 Å². The van der Waals surface area contributed by atoms with Gasteiger partial charge in [-0.25, -0.2) is 4.68 Å². The second kappa shape index (κ2) is 6.39. The molecule has 1 aliphatic carbocycles. The lowest BCUT2D eigenvalue weighted by molar-refractivity contribution is 0.108. The zero-order valence-corrected chi connectivity index (χ0v) is 12.1. The Morgan fingerprint density at radius 1 is 1.58 bits per heavy atom. The van der Waals surface area contributed by atoms with Crippen molar-refractivity contribution in [1.29, 1.82) is 0 Å². The normalized spacial score (nSPS) is 22.7. The van der Waals surface area contributed by atoms with Crippen LogP contribution in [0.2, 0.25) is 5.02 Å². The number of hydrogen-bond donors (Lipinski definition) is 1. The molecular weight excluding hydrogens is 266 g/mol. The van der Waals surface area contributed by atoms with Crippen molar-refractivity contribution in [3.63, 3.8) is 0 Å². The van der Waals surface area contributed by atoms with Gasteiger partial charge in [0.2, 0.25) is 0 Å². The average Bonchev–Trinajstić information content (AvgIpc) is 2.86. The van der Waals surface area contributed by atoms with Crippen molar-refractivity contribution in [3.8, 4) is 0 Å². The van der Waals surface area contributed by atoms with E-state index in [2.05, 4.69) is 10.4 Å². The second-order valence-corrected chi connectivity index (χ2v) is 5.29. The first-order valence-corrected chi connectivity index (χ1v) is 7.08. The Morgan fingerprint density at radius 3 is 3.00 bits per heavy atom. The highest BCUT2D eigenvalue weighted by Gasteiger charge is 2.25. The van der Waals surface area contributed by atoms with Gasteiger partial charge >= 0.3 is 0 Å². The number of aryl methyl sites for hydroxylation is 1. The highest BCUT2D eigenvalue weighted by Crippen LogP contribution is 2.26. The Morgan fingerprint density at radius 2 is 2.37 bits per heavy atom. The molecule has 106 valence electrons. The van der Waals surface area contributed by atoms with Crippen LogP contribution in [-0.4, -0.2) is 29.0 Å². The van der Waals surface area contributed by atoms with E-state index in [1.807, 2.05) is 6.92 Å². The molecule has 1 aliphatic rings. The zero-order chi connectivity index (χ0) is 13.8. The first-order chi connectivity index (χ1) is 9.15. The SMILES string of the molecule is CCCn1ncc(NC2CCC(OC)C2)c(Cl)c1=O. The zero-order valence-electron chi connectivity index (χ0n) is 11.4. The third kappa shape index (κ3) is 3.28. The molecule has 0 aromatic carbocycles. The molecule has 0 radical (unpaired) electrons. The number of nitrogens with one attached hydrogen (secondary N) is 1. The molecule has 0 amide bonds. The van der Waals surface area contributed by atoms with Crippen molar-refractivity contribution in [3.05, 3.63) is 21.6 Å². The fraction of sp³-hybridized carbons (Fsp3) is 0.692. The van der Waals surface area contributed by atoms with Gasteiger partial charge in [0.15, 0.2) is 0 Å². The Balaban J connectivity index is 2.09. The first-order valence-electron chi connectivity index (χ1n) is 6.70. The molecule has 1 heterocycles. The first kappa shape index (κ1) is 14.3. The minimum atomic E-state index is -0.227. The van der Waals surface area contributed by atoms with Crippen LogP contribution in [0, 0.1) is 0 Å². The van der Waals surface area contributed by atoms with Gasteiger partial charge < -0.3 is 10.1 Å². The Hall–Kier alpha value is -1.07. The maximum atomic E-state index is 12.0. The van der Waals surface area contributed by atoms with Gasteiger partial charge in [-0.3, -0.25) is 4.79 Å². The van der Waals surface area contributed by atoms with Crippen LogP contribution in [-0.2, 0) is 11.3 Å². The van der Waals surface area contributed by atoms with E-state index in [1.165, 1.54) is 4.68 Å². The summed E-state index contributed by atoms with van der Waals surface area (Å²) in [6.07, 6.45) is 5.78. The van der Waals surface area contributed by atoms with Gasteiger partial charge in [0.05, 0.1) is 18.0 Å². The van der Waals surface area contributed by atoms with Crippen LogP contribution in [0.5, 0.6) is 0 Å².